The number of unbranched alkanes of at least 4 members (excludes halogenated alkanes) is 1. The van der Waals surface area contributed by atoms with Gasteiger partial charge >= 0.3 is 0 Å². The lowest BCUT2D eigenvalue weighted by Gasteiger charge is -2.44. The van der Waals surface area contributed by atoms with Crippen LogP contribution in [0.1, 0.15) is 81.7 Å². The third-order valence-electron chi connectivity index (χ3n) is 10.0. The number of aryl methyl sites for hydroxylation is 1. The number of ether oxygens (including phenoxy) is 1. The van der Waals surface area contributed by atoms with Gasteiger partial charge in [-0.15, -0.1) is 16.4 Å². The number of nitriles is 1. The summed E-state index contributed by atoms with van der Waals surface area (Å²) in [7, 11) is 8.64. The fraction of sp³-hybridized carbons (Fsp3) is 0.606. The molecule has 4 atom stereocenters. The van der Waals surface area contributed by atoms with Gasteiger partial charge in [0.05, 0.1) is 23.7 Å². The Bertz CT molecular complexity index is 1840. The summed E-state index contributed by atoms with van der Waals surface area (Å²) in [6.07, 6.45) is 7.88. The van der Waals surface area contributed by atoms with E-state index >= 15 is 0 Å². The molecule has 3 N–H and O–H groups in total. The molecule has 4 aromatic heterocycles. The van der Waals surface area contributed by atoms with Crippen LogP contribution in [-0.2, 0) is 19.4 Å². The van der Waals surface area contributed by atoms with Gasteiger partial charge in [0.2, 0.25) is 5.88 Å². The van der Waals surface area contributed by atoms with Crippen molar-refractivity contribution in [1.29, 1.82) is 5.26 Å². The number of thiophene rings is 1. The van der Waals surface area contributed by atoms with Gasteiger partial charge in [0.1, 0.15) is 22.3 Å². The highest BCUT2D eigenvalue weighted by Gasteiger charge is 2.46. The molecule has 14 heteroatoms. The lowest BCUT2D eigenvalue weighted by Crippen LogP contribution is -2.59. The molecule has 4 aromatic rings. The Kier molecular flexibility index (Phi) is 8.43. The van der Waals surface area contributed by atoms with E-state index in [0.29, 0.717) is 76.5 Å². The quantitative estimate of drug-likeness (QED) is 0.238. The van der Waals surface area contributed by atoms with E-state index in [1.165, 1.54) is 11.3 Å². The van der Waals surface area contributed by atoms with Crippen molar-refractivity contribution in [1.82, 2.24) is 29.8 Å². The molecule has 0 aliphatic carbocycles. The standard InChI is InChI=1S/C33H42BN9O3S/c1-5-7-11-20-26(40-46-27(20)24-21(15-35)28(36)47-22(24)9-6-2)29-37-30-25-31(38-29)43(17-19-10-8-14-41(19)4)39-32(25)45-33(34,44)23-13-12-18(3)16-42(23)30/h18-19,23,44H,5-14,16-17,36H2,1-4H3/t18?,19?,23-,33?/m1/s1. The van der Waals surface area contributed by atoms with Crippen LogP contribution in [0.25, 0.3) is 33.9 Å². The Balaban J connectivity index is 1.46. The third-order valence-corrected chi connectivity index (χ3v) is 11.1. The van der Waals surface area contributed by atoms with Gasteiger partial charge in [0.25, 0.3) is 0 Å². The third kappa shape index (κ3) is 5.46. The zero-order valence-corrected chi connectivity index (χ0v) is 28.4. The minimum Gasteiger partial charge on any atom is -0.451 e. The average molecular weight is 656 g/mol. The summed E-state index contributed by atoms with van der Waals surface area (Å²) >= 11 is 1.44. The highest BCUT2D eigenvalue weighted by molar-refractivity contribution is 7.16. The van der Waals surface area contributed by atoms with Gasteiger partial charge in [-0.3, -0.25) is 0 Å². The van der Waals surface area contributed by atoms with Crippen LogP contribution in [0.3, 0.4) is 0 Å². The molecule has 47 heavy (non-hydrogen) atoms. The topological polar surface area (TPSA) is 155 Å². The number of likely N-dealkylation sites (tertiary alicyclic amines) is 1. The van der Waals surface area contributed by atoms with Crippen molar-refractivity contribution in [2.24, 2.45) is 5.92 Å². The summed E-state index contributed by atoms with van der Waals surface area (Å²) in [6.45, 7) is 8.70. The smallest absolute Gasteiger partial charge is 0.248 e. The van der Waals surface area contributed by atoms with E-state index in [1.54, 1.807) is 0 Å². The molecule has 2 radical (unpaired) electrons. The van der Waals surface area contributed by atoms with Crippen LogP contribution in [0, 0.1) is 17.2 Å². The number of aromatic nitrogens is 5. The predicted octanol–water partition coefficient (Wildman–Crippen LogP) is 4.86. The highest BCUT2D eigenvalue weighted by Crippen LogP contribution is 2.46. The van der Waals surface area contributed by atoms with Crippen molar-refractivity contribution in [2.45, 2.75) is 103 Å². The van der Waals surface area contributed by atoms with E-state index in [0.717, 1.165) is 67.5 Å². The minimum atomic E-state index is -1.97. The van der Waals surface area contributed by atoms with Gasteiger partial charge in [-0.05, 0) is 64.5 Å². The molecule has 3 aliphatic rings. The lowest BCUT2D eigenvalue weighted by atomic mass is 9.80. The van der Waals surface area contributed by atoms with E-state index in [2.05, 4.69) is 48.8 Å². The number of hydrogen-bond acceptors (Lipinski definition) is 12. The van der Waals surface area contributed by atoms with Crippen molar-refractivity contribution < 1.29 is 14.4 Å². The first kappa shape index (κ1) is 31.9. The molecular weight excluding hydrogens is 613 g/mol. The maximum absolute atomic E-state index is 11.5. The number of piperidine rings is 1. The molecule has 12 nitrogen and oxygen atoms in total. The summed E-state index contributed by atoms with van der Waals surface area (Å²) < 4.78 is 14.2. The van der Waals surface area contributed by atoms with Gasteiger partial charge in [-0.25, -0.2) is 14.6 Å². The van der Waals surface area contributed by atoms with E-state index in [4.69, 9.17) is 37.9 Å². The van der Waals surface area contributed by atoms with Gasteiger partial charge in [-0.1, -0.05) is 38.8 Å². The van der Waals surface area contributed by atoms with Crippen molar-refractivity contribution >= 4 is 41.0 Å². The first-order valence-corrected chi connectivity index (χ1v) is 17.7. The van der Waals surface area contributed by atoms with Crippen molar-refractivity contribution in [3.63, 3.8) is 0 Å². The van der Waals surface area contributed by atoms with Crippen molar-refractivity contribution in [3.8, 4) is 34.8 Å². The molecule has 0 spiro atoms. The number of likely N-dealkylation sites (N-methyl/N-ethyl adjacent to an activating group) is 1. The second-order valence-corrected chi connectivity index (χ2v) is 14.6. The predicted molar refractivity (Wildman–Crippen MR) is 182 cm³/mol. The van der Waals surface area contributed by atoms with Crippen molar-refractivity contribution in [2.75, 3.05) is 30.8 Å². The highest BCUT2D eigenvalue weighted by atomic mass is 32.1. The summed E-state index contributed by atoms with van der Waals surface area (Å²) in [4.78, 5) is 15.7. The van der Waals surface area contributed by atoms with Crippen LogP contribution < -0.4 is 15.4 Å². The molecule has 0 aromatic carbocycles. The van der Waals surface area contributed by atoms with E-state index in [1.807, 2.05) is 4.68 Å². The molecule has 7 heterocycles. The van der Waals surface area contributed by atoms with Crippen LogP contribution >= 0.6 is 11.3 Å². The molecule has 2 fully saturated rings. The van der Waals surface area contributed by atoms with Crippen LogP contribution in [0.15, 0.2) is 4.52 Å². The number of aliphatic hydroxyl groups is 1. The minimum absolute atomic E-state index is 0.234. The number of hydrogen-bond donors (Lipinski definition) is 2. The van der Waals surface area contributed by atoms with Gasteiger partial charge in [0, 0.05) is 23.0 Å². The SMILES string of the molecule is [B]C1(O)Oc2nn(CC3CCCN3C)c3nc(-c4noc(-c5c(CCC)sc(N)c5C#N)c4CCCC)nc(c23)N2CC(C)CC[C@@H]21. The van der Waals surface area contributed by atoms with Crippen LogP contribution in [-0.4, -0.2) is 80.7 Å². The molecule has 0 amide bonds. The Morgan fingerprint density at radius 2 is 2.02 bits per heavy atom. The fourth-order valence-electron chi connectivity index (χ4n) is 7.50. The molecule has 3 unspecified atom stereocenters. The van der Waals surface area contributed by atoms with Crippen LogP contribution in [0.2, 0.25) is 0 Å². The van der Waals surface area contributed by atoms with Gasteiger partial charge in [0.15, 0.2) is 36.5 Å². The summed E-state index contributed by atoms with van der Waals surface area (Å²) in [5, 5.41) is 32.3. The molecular formula is C33H42BN9O3S. The monoisotopic (exact) mass is 655 g/mol. The number of anilines is 2. The van der Waals surface area contributed by atoms with E-state index in [-0.39, 0.29) is 11.9 Å². The fourth-order valence-corrected chi connectivity index (χ4v) is 8.62. The van der Waals surface area contributed by atoms with Crippen LogP contribution in [0.4, 0.5) is 10.8 Å². The first-order chi connectivity index (χ1) is 22.6. The largest absolute Gasteiger partial charge is 0.451 e. The summed E-state index contributed by atoms with van der Waals surface area (Å²) in [5.74, 6) is 2.17. The Morgan fingerprint density at radius 1 is 1.19 bits per heavy atom. The number of rotatable bonds is 9. The number of fused-ring (bicyclic) bond motifs is 2. The number of nitrogens with zero attached hydrogens (tertiary/aromatic N) is 8. The maximum atomic E-state index is 11.5. The zero-order chi connectivity index (χ0) is 33.0. The summed E-state index contributed by atoms with van der Waals surface area (Å²) in [5.41, 5.74) is 7.53. The number of nitrogen functional groups attached to an aromatic ring is 1. The van der Waals surface area contributed by atoms with Gasteiger partial charge < -0.3 is 29.9 Å². The van der Waals surface area contributed by atoms with Crippen molar-refractivity contribution in [3.05, 3.63) is 16.0 Å². The lowest BCUT2D eigenvalue weighted by molar-refractivity contribution is -0.0884. The Labute approximate surface area is 280 Å². The van der Waals surface area contributed by atoms with Gasteiger partial charge in [-0.2, -0.15) is 5.26 Å². The van der Waals surface area contributed by atoms with Crippen LogP contribution in [0.5, 0.6) is 5.88 Å². The average Bonchev–Trinajstić information content (AvgIpc) is 3.79. The molecule has 7 rings (SSSR count). The molecule has 0 bridgehead atoms. The Morgan fingerprint density at radius 3 is 2.74 bits per heavy atom. The second kappa shape index (κ2) is 12.4. The summed E-state index contributed by atoms with van der Waals surface area (Å²) in [6, 6.07) is 2.07. The normalized spacial score (nSPS) is 24.3. The molecule has 246 valence electrons. The molecule has 0 saturated carbocycles. The first-order valence-electron chi connectivity index (χ1n) is 16.9. The number of nitrogens with two attached hydrogens (primary N) is 1. The molecule has 3 aliphatic heterocycles. The maximum Gasteiger partial charge on any atom is 0.248 e. The molecule has 2 saturated heterocycles. The van der Waals surface area contributed by atoms with E-state index < -0.39 is 11.7 Å². The zero-order valence-electron chi connectivity index (χ0n) is 27.6. The van der Waals surface area contributed by atoms with E-state index in [9.17, 15) is 10.4 Å². The Hall–Kier alpha value is -3.67. The second-order valence-electron chi connectivity index (χ2n) is 13.5.